The number of phenols is 3. The van der Waals surface area contributed by atoms with Crippen LogP contribution in [0.4, 0.5) is 0 Å². The van der Waals surface area contributed by atoms with E-state index in [-0.39, 0.29) is 33.5 Å². The number of rotatable bonds is 4. The van der Waals surface area contributed by atoms with Gasteiger partial charge in [0, 0.05) is 0 Å². The molecule has 0 bridgehead atoms. The molecule has 0 radical (unpaired) electrons. The summed E-state index contributed by atoms with van der Waals surface area (Å²) in [6.45, 7) is 19.0. The van der Waals surface area contributed by atoms with Gasteiger partial charge in [-0.15, -0.1) is 0 Å². The Bertz CT molecular complexity index is 1290. The van der Waals surface area contributed by atoms with E-state index in [0.717, 1.165) is 16.7 Å². The lowest BCUT2D eigenvalue weighted by atomic mass is 9.87. The number of benzene rings is 3. The van der Waals surface area contributed by atoms with Gasteiger partial charge in [-0.1, -0.05) is 93.4 Å². The van der Waals surface area contributed by atoms with Crippen LogP contribution in [0, 0.1) is 0 Å². The maximum Gasteiger partial charge on any atom is 0.144 e. The number of phenolic OH excluding ortho intramolecular Hbond substituents is 3. The first-order chi connectivity index (χ1) is 16.8. The number of aromatic hydroxyl groups is 3. The normalized spacial score (nSPS) is 14.4. The van der Waals surface area contributed by atoms with Crippen molar-refractivity contribution in [3.63, 3.8) is 0 Å². The lowest BCUT2D eigenvalue weighted by Crippen LogP contribution is -2.14. The van der Waals surface area contributed by atoms with Gasteiger partial charge in [0.1, 0.15) is 17.2 Å². The molecular weight excluding hydrogens is 537 g/mol. The zero-order valence-electron chi connectivity index (χ0n) is 23.1. The van der Waals surface area contributed by atoms with E-state index in [9.17, 15) is 15.3 Å². The van der Waals surface area contributed by atoms with Crippen molar-refractivity contribution >= 4 is 41.3 Å². The highest BCUT2D eigenvalue weighted by Gasteiger charge is 2.26. The van der Waals surface area contributed by atoms with Gasteiger partial charge in [0.25, 0.3) is 0 Å². The predicted octanol–water partition coefficient (Wildman–Crippen LogP) is 7.69. The zero-order valence-corrected chi connectivity index (χ0v) is 26.4. The highest BCUT2D eigenvalue weighted by atomic mass is 32.8. The molecule has 3 nitrogen and oxygen atoms in total. The summed E-state index contributed by atoms with van der Waals surface area (Å²) in [6, 6.07) is 15.0. The van der Waals surface area contributed by atoms with Gasteiger partial charge in [-0.25, -0.2) is 0 Å². The molecule has 3 rings (SSSR count). The molecule has 3 N–H and O–H groups in total. The second kappa shape index (κ2) is 10.4. The van der Waals surface area contributed by atoms with E-state index in [1.54, 1.807) is 12.1 Å². The quantitative estimate of drug-likeness (QED) is 0.298. The summed E-state index contributed by atoms with van der Waals surface area (Å²) in [5.74, 6) is 0.258. The van der Waals surface area contributed by atoms with E-state index in [0.29, 0.717) is 19.6 Å². The summed E-state index contributed by atoms with van der Waals surface area (Å²) in [5, 5.41) is 33.1. The van der Waals surface area contributed by atoms with Gasteiger partial charge in [0.05, 0.1) is 19.6 Å². The topological polar surface area (TPSA) is 60.7 Å². The average molecular weight is 575 g/mol. The zero-order chi connectivity index (χ0) is 28.1. The van der Waals surface area contributed by atoms with Gasteiger partial charge in [-0.3, -0.25) is 0 Å². The molecule has 0 aliphatic carbocycles. The molecule has 37 heavy (non-hydrogen) atoms. The lowest BCUT2D eigenvalue weighted by molar-refractivity contribution is 0.445. The Balaban J connectivity index is 2.27. The maximum absolute atomic E-state index is 11.6. The van der Waals surface area contributed by atoms with Gasteiger partial charge >= 0.3 is 0 Å². The van der Waals surface area contributed by atoms with Crippen LogP contribution >= 0.6 is 0 Å². The van der Waals surface area contributed by atoms with Crippen molar-refractivity contribution in [3.8, 4) is 17.2 Å². The van der Waals surface area contributed by atoms with Crippen LogP contribution in [0.3, 0.4) is 0 Å². The molecule has 0 fully saturated rings. The van der Waals surface area contributed by atoms with Crippen molar-refractivity contribution in [2.75, 3.05) is 0 Å². The summed E-state index contributed by atoms with van der Waals surface area (Å²) >= 11 is 12.0. The molecule has 0 saturated carbocycles. The van der Waals surface area contributed by atoms with Gasteiger partial charge in [-0.2, -0.15) is 0 Å². The minimum absolute atomic E-state index is 0.0331. The van der Waals surface area contributed by atoms with E-state index < -0.39 is 18.9 Å². The third-order valence-electron chi connectivity index (χ3n) is 6.36. The van der Waals surface area contributed by atoms with Crippen molar-refractivity contribution in [2.24, 2.45) is 0 Å². The van der Waals surface area contributed by atoms with Crippen LogP contribution in [0.2, 0.25) is 0 Å². The fourth-order valence-corrected chi connectivity index (χ4v) is 7.92. The molecule has 0 spiro atoms. The third kappa shape index (κ3) is 6.44. The monoisotopic (exact) mass is 574 g/mol. The first-order valence-corrected chi connectivity index (χ1v) is 16.5. The highest BCUT2D eigenvalue weighted by Crippen LogP contribution is 2.42. The molecule has 7 heteroatoms. The Labute approximate surface area is 236 Å². The van der Waals surface area contributed by atoms with Crippen LogP contribution in [0.25, 0.3) is 0 Å². The van der Waals surface area contributed by atoms with Gasteiger partial charge in [0.2, 0.25) is 0 Å². The van der Waals surface area contributed by atoms with E-state index in [1.807, 2.05) is 36.4 Å². The molecule has 0 amide bonds. The van der Waals surface area contributed by atoms with E-state index in [4.69, 9.17) is 22.4 Å². The molecule has 0 aromatic heterocycles. The molecule has 3 aromatic rings. The smallest absolute Gasteiger partial charge is 0.144 e. The molecular formula is C30H38O3S4. The van der Waals surface area contributed by atoms with Crippen LogP contribution in [-0.2, 0) is 57.5 Å². The Hall–Kier alpha value is -1.80. The minimum Gasteiger partial charge on any atom is -0.507 e. The van der Waals surface area contributed by atoms with Gasteiger partial charge < -0.3 is 15.3 Å². The molecule has 3 aromatic carbocycles. The fraction of sp³-hybridized carbons (Fsp3) is 0.400. The molecule has 0 aliphatic heterocycles. The van der Waals surface area contributed by atoms with E-state index in [2.05, 4.69) is 62.3 Å². The second-order valence-corrected chi connectivity index (χ2v) is 17.3. The summed E-state index contributed by atoms with van der Waals surface area (Å²) in [4.78, 5) is 2.34. The molecule has 2 unspecified atom stereocenters. The summed E-state index contributed by atoms with van der Waals surface area (Å²) in [5.41, 5.74) is 2.62. The molecule has 0 aliphatic rings. The summed E-state index contributed by atoms with van der Waals surface area (Å²) in [7, 11) is -2.08. The number of hydrogen-bond acceptors (Lipinski definition) is 5. The van der Waals surface area contributed by atoms with Crippen molar-refractivity contribution in [1.82, 2.24) is 0 Å². The third-order valence-corrected chi connectivity index (χ3v) is 11.4. The summed E-state index contributed by atoms with van der Waals surface area (Å²) < 4.78 is 0. The van der Waals surface area contributed by atoms with Crippen LogP contribution in [0.1, 0.15) is 79.0 Å². The molecule has 2 atom stereocenters. The van der Waals surface area contributed by atoms with Crippen molar-refractivity contribution in [2.45, 2.75) is 98.1 Å². The highest BCUT2D eigenvalue weighted by molar-refractivity contribution is 8.29. The minimum atomic E-state index is -1.04. The lowest BCUT2D eigenvalue weighted by Gasteiger charge is -2.25. The van der Waals surface area contributed by atoms with Crippen molar-refractivity contribution in [1.29, 1.82) is 0 Å². The predicted molar refractivity (Wildman–Crippen MR) is 163 cm³/mol. The standard InChI is InChI=1S/C30H38O3S4/c1-28(2,3)18-10-12-21(31)23(14-18)36(34)25-16-20(30(7,8)9)17-26(27(25)33)37(35)24-15-19(29(4,5)6)11-13-22(24)32/h10-17,31-33H,1-9H3. The molecule has 0 saturated heterocycles. The van der Waals surface area contributed by atoms with Crippen LogP contribution in [0.5, 0.6) is 17.2 Å². The SMILES string of the molecule is CC(C)(C)c1ccc(O)c(S(=S)c2cc(C(C)(C)C)cc(S(=S)c3cc(C(C)(C)C)ccc3O)c2O)c1. The largest absolute Gasteiger partial charge is 0.507 e. The van der Waals surface area contributed by atoms with E-state index >= 15 is 0 Å². The van der Waals surface area contributed by atoms with Gasteiger partial charge in [-0.05, 0) is 91.7 Å². The Morgan fingerprint density at radius 2 is 0.784 bits per heavy atom. The van der Waals surface area contributed by atoms with Crippen molar-refractivity contribution in [3.05, 3.63) is 65.2 Å². The average Bonchev–Trinajstić information content (AvgIpc) is 2.76. The van der Waals surface area contributed by atoms with Crippen LogP contribution in [0.15, 0.2) is 68.1 Å². The Morgan fingerprint density at radius 3 is 1.08 bits per heavy atom. The first-order valence-electron chi connectivity index (χ1n) is 12.2. The number of hydrogen-bond donors (Lipinski definition) is 3. The molecule has 0 heterocycles. The van der Waals surface area contributed by atoms with Crippen molar-refractivity contribution < 1.29 is 15.3 Å². The summed E-state index contributed by atoms with van der Waals surface area (Å²) in [6.07, 6.45) is 0. The Morgan fingerprint density at radius 1 is 0.486 bits per heavy atom. The molecule has 200 valence electrons. The van der Waals surface area contributed by atoms with E-state index in [1.165, 1.54) is 0 Å². The maximum atomic E-state index is 11.6. The van der Waals surface area contributed by atoms with Crippen LogP contribution in [-0.4, -0.2) is 15.3 Å². The second-order valence-electron chi connectivity index (χ2n) is 12.5. The Kier molecular flexibility index (Phi) is 8.36. The first kappa shape index (κ1) is 29.8. The fourth-order valence-electron chi connectivity index (χ4n) is 3.79. The van der Waals surface area contributed by atoms with Crippen LogP contribution < -0.4 is 0 Å². The van der Waals surface area contributed by atoms with Gasteiger partial charge in [0.15, 0.2) is 0 Å².